The second-order valence-corrected chi connectivity index (χ2v) is 6.61. The van der Waals surface area contributed by atoms with Crippen LogP contribution >= 0.6 is 35.4 Å². The molecule has 2 aromatic carbocycles. The molecule has 1 aromatic heterocycles. The van der Waals surface area contributed by atoms with Gasteiger partial charge >= 0.3 is 0 Å². The standard InChI is InChI=1S/C19H13Cl2N3OS/c20-12-4-8-14(9-5-12)22-18(25)16-2-1-3-17(24-16)19(26)23-15-10-6-13(21)7-11-15/h1-11H,(H,22,25)(H,23,26). The lowest BCUT2D eigenvalue weighted by Crippen LogP contribution is -2.17. The number of anilines is 2. The molecule has 0 spiro atoms. The van der Waals surface area contributed by atoms with Crippen LogP contribution in [-0.2, 0) is 0 Å². The van der Waals surface area contributed by atoms with E-state index in [-0.39, 0.29) is 11.6 Å². The van der Waals surface area contributed by atoms with Crippen LogP contribution in [0.3, 0.4) is 0 Å². The molecular weight excluding hydrogens is 389 g/mol. The van der Waals surface area contributed by atoms with Crippen molar-refractivity contribution in [1.82, 2.24) is 4.98 Å². The van der Waals surface area contributed by atoms with E-state index in [4.69, 9.17) is 35.4 Å². The van der Waals surface area contributed by atoms with Crippen LogP contribution in [0.4, 0.5) is 11.4 Å². The predicted octanol–water partition coefficient (Wildman–Crippen LogP) is 5.43. The zero-order valence-electron chi connectivity index (χ0n) is 13.4. The van der Waals surface area contributed by atoms with Gasteiger partial charge in [-0.05, 0) is 60.7 Å². The Balaban J connectivity index is 1.72. The fraction of sp³-hybridized carbons (Fsp3) is 0. The van der Waals surface area contributed by atoms with Gasteiger partial charge in [0.15, 0.2) is 0 Å². The molecule has 0 aliphatic carbocycles. The number of halogens is 2. The van der Waals surface area contributed by atoms with E-state index in [1.54, 1.807) is 54.6 Å². The summed E-state index contributed by atoms with van der Waals surface area (Å²) >= 11 is 17.1. The third-order valence-electron chi connectivity index (χ3n) is 3.42. The molecule has 2 N–H and O–H groups in total. The molecule has 0 aliphatic heterocycles. The number of carbonyl (C=O) groups excluding carboxylic acids is 1. The summed E-state index contributed by atoms with van der Waals surface area (Å²) in [6.45, 7) is 0. The first-order chi connectivity index (χ1) is 12.5. The number of carbonyl (C=O) groups is 1. The highest BCUT2D eigenvalue weighted by molar-refractivity contribution is 7.81. The van der Waals surface area contributed by atoms with Crippen molar-refractivity contribution in [3.8, 4) is 0 Å². The van der Waals surface area contributed by atoms with Gasteiger partial charge in [0.2, 0.25) is 0 Å². The first-order valence-corrected chi connectivity index (χ1v) is 8.78. The van der Waals surface area contributed by atoms with Gasteiger partial charge in [-0.15, -0.1) is 0 Å². The Morgan fingerprint density at radius 1 is 0.769 bits per heavy atom. The zero-order valence-corrected chi connectivity index (χ0v) is 15.7. The number of benzene rings is 2. The lowest BCUT2D eigenvalue weighted by molar-refractivity contribution is 0.102. The maximum absolute atomic E-state index is 12.4. The van der Waals surface area contributed by atoms with E-state index in [0.717, 1.165) is 5.69 Å². The summed E-state index contributed by atoms with van der Waals surface area (Å²) in [5.74, 6) is -0.330. The van der Waals surface area contributed by atoms with Gasteiger partial charge in [0.1, 0.15) is 10.7 Å². The topological polar surface area (TPSA) is 54.0 Å². The van der Waals surface area contributed by atoms with Crippen molar-refractivity contribution in [3.63, 3.8) is 0 Å². The van der Waals surface area contributed by atoms with Gasteiger partial charge in [-0.3, -0.25) is 4.79 Å². The van der Waals surface area contributed by atoms with Crippen molar-refractivity contribution in [2.75, 3.05) is 10.6 Å². The summed E-state index contributed by atoms with van der Waals surface area (Å²) in [6, 6.07) is 19.1. The molecule has 0 radical (unpaired) electrons. The Kier molecular flexibility index (Phi) is 5.83. The molecule has 0 unspecified atom stereocenters. The molecule has 0 bridgehead atoms. The lowest BCUT2D eigenvalue weighted by Gasteiger charge is -2.09. The number of rotatable bonds is 4. The molecule has 0 saturated heterocycles. The summed E-state index contributed by atoms with van der Waals surface area (Å²) in [5, 5.41) is 7.08. The van der Waals surface area contributed by atoms with E-state index in [2.05, 4.69) is 15.6 Å². The Bertz CT molecular complexity index is 869. The molecular formula is C19H13Cl2N3OS. The average Bonchev–Trinajstić information content (AvgIpc) is 2.65. The van der Waals surface area contributed by atoms with Crippen LogP contribution in [-0.4, -0.2) is 15.9 Å². The predicted molar refractivity (Wildman–Crippen MR) is 110 cm³/mol. The Hall–Kier alpha value is -2.47. The molecule has 3 aromatic rings. The molecule has 0 fully saturated rings. The van der Waals surface area contributed by atoms with Crippen LogP contribution in [0, 0.1) is 0 Å². The van der Waals surface area contributed by atoms with Crippen molar-refractivity contribution in [2.24, 2.45) is 0 Å². The summed E-state index contributed by atoms with van der Waals surface area (Å²) in [4.78, 5) is 17.1. The van der Waals surface area contributed by atoms with Crippen LogP contribution in [0.1, 0.15) is 16.2 Å². The highest BCUT2D eigenvalue weighted by Gasteiger charge is 2.11. The van der Waals surface area contributed by atoms with Gasteiger partial charge in [0, 0.05) is 21.4 Å². The van der Waals surface area contributed by atoms with Gasteiger partial charge in [0.05, 0.1) is 5.69 Å². The molecule has 0 saturated carbocycles. The monoisotopic (exact) mass is 401 g/mol. The van der Waals surface area contributed by atoms with Crippen molar-refractivity contribution >= 4 is 57.7 Å². The maximum Gasteiger partial charge on any atom is 0.274 e. The van der Waals surface area contributed by atoms with Crippen LogP contribution in [0.25, 0.3) is 0 Å². The van der Waals surface area contributed by atoms with Gasteiger partial charge in [-0.25, -0.2) is 4.98 Å². The lowest BCUT2D eigenvalue weighted by atomic mass is 10.2. The molecule has 1 amide bonds. The van der Waals surface area contributed by atoms with E-state index >= 15 is 0 Å². The summed E-state index contributed by atoms with van der Waals surface area (Å²) in [5.41, 5.74) is 2.18. The van der Waals surface area contributed by atoms with E-state index in [1.807, 2.05) is 12.1 Å². The third-order valence-corrected chi connectivity index (χ3v) is 4.23. The highest BCUT2D eigenvalue weighted by Crippen LogP contribution is 2.16. The van der Waals surface area contributed by atoms with Crippen LogP contribution in [0.5, 0.6) is 0 Å². The third kappa shape index (κ3) is 4.79. The first kappa shape index (κ1) is 18.3. The van der Waals surface area contributed by atoms with E-state index in [1.165, 1.54) is 0 Å². The Morgan fingerprint density at radius 2 is 1.27 bits per heavy atom. The normalized spacial score (nSPS) is 10.2. The minimum absolute atomic E-state index is 0.262. The van der Waals surface area contributed by atoms with Gasteiger partial charge < -0.3 is 10.6 Å². The van der Waals surface area contributed by atoms with Crippen molar-refractivity contribution in [1.29, 1.82) is 0 Å². The number of hydrogen-bond donors (Lipinski definition) is 2. The van der Waals surface area contributed by atoms with Crippen molar-refractivity contribution < 1.29 is 4.79 Å². The molecule has 0 aliphatic rings. The number of thiocarbonyl (C=S) groups is 1. The number of nitrogens with zero attached hydrogens (tertiary/aromatic N) is 1. The second-order valence-electron chi connectivity index (χ2n) is 5.33. The molecule has 3 rings (SSSR count). The van der Waals surface area contributed by atoms with Crippen LogP contribution in [0.2, 0.25) is 10.0 Å². The van der Waals surface area contributed by atoms with E-state index in [9.17, 15) is 4.79 Å². The summed E-state index contributed by atoms with van der Waals surface area (Å²) in [6.07, 6.45) is 0. The van der Waals surface area contributed by atoms with E-state index in [0.29, 0.717) is 26.4 Å². The first-order valence-electron chi connectivity index (χ1n) is 7.62. The Morgan fingerprint density at radius 3 is 1.85 bits per heavy atom. The van der Waals surface area contributed by atoms with Crippen molar-refractivity contribution in [2.45, 2.75) is 0 Å². The fourth-order valence-electron chi connectivity index (χ4n) is 2.14. The Labute approximate surface area is 166 Å². The summed E-state index contributed by atoms with van der Waals surface area (Å²) < 4.78 is 0. The quantitative estimate of drug-likeness (QED) is 0.572. The zero-order chi connectivity index (χ0) is 18.5. The largest absolute Gasteiger partial charge is 0.345 e. The number of aromatic nitrogens is 1. The van der Waals surface area contributed by atoms with Crippen molar-refractivity contribution in [3.05, 3.63) is 88.2 Å². The smallest absolute Gasteiger partial charge is 0.274 e. The minimum atomic E-state index is -0.330. The van der Waals surface area contributed by atoms with Crippen LogP contribution < -0.4 is 10.6 Å². The molecule has 1 heterocycles. The second kappa shape index (κ2) is 8.27. The van der Waals surface area contributed by atoms with Crippen LogP contribution in [0.15, 0.2) is 66.7 Å². The highest BCUT2D eigenvalue weighted by atomic mass is 35.5. The minimum Gasteiger partial charge on any atom is -0.345 e. The number of amides is 1. The molecule has 26 heavy (non-hydrogen) atoms. The fourth-order valence-corrected chi connectivity index (χ4v) is 2.63. The van der Waals surface area contributed by atoms with Gasteiger partial charge in [-0.2, -0.15) is 0 Å². The molecule has 4 nitrogen and oxygen atoms in total. The van der Waals surface area contributed by atoms with E-state index < -0.39 is 0 Å². The van der Waals surface area contributed by atoms with Gasteiger partial charge in [0.25, 0.3) is 5.91 Å². The number of pyridine rings is 1. The molecule has 130 valence electrons. The number of nitrogens with one attached hydrogen (secondary N) is 2. The SMILES string of the molecule is O=C(Nc1ccc(Cl)cc1)c1cccc(C(=S)Nc2ccc(Cl)cc2)n1. The summed E-state index contributed by atoms with van der Waals surface area (Å²) in [7, 11) is 0. The molecule has 0 atom stereocenters. The average molecular weight is 402 g/mol. The maximum atomic E-state index is 12.4. The molecule has 7 heteroatoms. The number of hydrogen-bond acceptors (Lipinski definition) is 3. The van der Waals surface area contributed by atoms with Gasteiger partial charge in [-0.1, -0.05) is 41.5 Å².